The molecule has 8 nitrogen and oxygen atoms in total. The number of nitrogens with two attached hydrogens (primary N) is 1. The fourth-order valence-electron chi connectivity index (χ4n) is 4.22. The van der Waals surface area contributed by atoms with E-state index in [9.17, 15) is 19.2 Å². The van der Waals surface area contributed by atoms with E-state index in [0.717, 1.165) is 16.7 Å². The Morgan fingerprint density at radius 3 is 2.55 bits per heavy atom. The number of amides is 4. The fourth-order valence-corrected chi connectivity index (χ4v) is 4.22. The molecule has 0 radical (unpaired) electrons. The fraction of sp³-hybridized carbons (Fsp3) is 0.304. The van der Waals surface area contributed by atoms with Crippen molar-refractivity contribution in [2.45, 2.75) is 32.2 Å². The van der Waals surface area contributed by atoms with Crippen molar-refractivity contribution in [2.24, 2.45) is 5.73 Å². The van der Waals surface area contributed by atoms with Crippen molar-refractivity contribution in [1.29, 1.82) is 0 Å². The van der Waals surface area contributed by atoms with Crippen molar-refractivity contribution in [3.8, 4) is 0 Å². The van der Waals surface area contributed by atoms with E-state index in [4.69, 9.17) is 5.73 Å². The van der Waals surface area contributed by atoms with Gasteiger partial charge in [-0.15, -0.1) is 0 Å². The van der Waals surface area contributed by atoms with Gasteiger partial charge in [0.2, 0.25) is 23.6 Å². The highest BCUT2D eigenvalue weighted by atomic mass is 16.2. The molecule has 4 amide bonds. The number of anilines is 2. The van der Waals surface area contributed by atoms with Gasteiger partial charge in [-0.25, -0.2) is 0 Å². The van der Waals surface area contributed by atoms with Crippen LogP contribution in [0.15, 0.2) is 42.5 Å². The third kappa shape index (κ3) is 4.42. The Balaban J connectivity index is 1.39. The second kappa shape index (κ2) is 8.59. The third-order valence-corrected chi connectivity index (χ3v) is 5.70. The summed E-state index contributed by atoms with van der Waals surface area (Å²) in [5, 5.41) is 2.75. The van der Waals surface area contributed by atoms with E-state index >= 15 is 0 Å². The largest absolute Gasteiger partial charge is 0.369 e. The maximum atomic E-state index is 12.8. The normalized spacial score (nSPS) is 15.0. The molecule has 2 aromatic rings. The molecule has 2 aliphatic heterocycles. The minimum Gasteiger partial charge on any atom is -0.369 e. The number of benzene rings is 2. The van der Waals surface area contributed by atoms with Crippen LogP contribution >= 0.6 is 0 Å². The minimum absolute atomic E-state index is 0.0333. The lowest BCUT2D eigenvalue weighted by atomic mass is 9.92. The highest BCUT2D eigenvalue weighted by molar-refractivity contribution is 6.10. The number of hydrogen-bond acceptors (Lipinski definition) is 4. The molecule has 160 valence electrons. The number of para-hydroxylation sites is 2. The zero-order chi connectivity index (χ0) is 22.0. The molecule has 0 unspecified atom stereocenters. The highest BCUT2D eigenvalue weighted by Gasteiger charge is 2.28. The van der Waals surface area contributed by atoms with E-state index in [1.54, 1.807) is 29.2 Å². The third-order valence-electron chi connectivity index (χ3n) is 5.70. The SMILES string of the molecule is NC(=O)Cc1cccc2c1CCN(C(=O)CCC(=O)N1CC(=O)Nc3ccccc31)C2. The van der Waals surface area contributed by atoms with Crippen LogP contribution in [-0.2, 0) is 38.6 Å². The number of hydrogen-bond donors (Lipinski definition) is 2. The maximum absolute atomic E-state index is 12.8. The number of fused-ring (bicyclic) bond motifs is 2. The number of nitrogens with zero attached hydrogens (tertiary/aromatic N) is 2. The molecule has 0 atom stereocenters. The molecule has 2 aliphatic rings. The summed E-state index contributed by atoms with van der Waals surface area (Å²) in [5.74, 6) is -0.984. The van der Waals surface area contributed by atoms with Crippen molar-refractivity contribution in [1.82, 2.24) is 4.90 Å². The molecule has 0 spiro atoms. The predicted octanol–water partition coefficient (Wildman–Crippen LogP) is 1.36. The Bertz CT molecular complexity index is 1070. The molecular weight excluding hydrogens is 396 g/mol. The van der Waals surface area contributed by atoms with Crippen LogP contribution in [0.25, 0.3) is 0 Å². The average molecular weight is 420 g/mol. The van der Waals surface area contributed by atoms with Crippen LogP contribution in [0.4, 0.5) is 11.4 Å². The summed E-state index contributed by atoms with van der Waals surface area (Å²) >= 11 is 0. The molecule has 0 bridgehead atoms. The first-order chi connectivity index (χ1) is 14.9. The Hall–Kier alpha value is -3.68. The van der Waals surface area contributed by atoms with Crippen molar-refractivity contribution in [2.75, 3.05) is 23.3 Å². The summed E-state index contributed by atoms with van der Waals surface area (Å²) in [6.45, 7) is 0.929. The van der Waals surface area contributed by atoms with Crippen molar-refractivity contribution in [3.05, 3.63) is 59.2 Å². The summed E-state index contributed by atoms with van der Waals surface area (Å²) in [4.78, 5) is 51.9. The van der Waals surface area contributed by atoms with Gasteiger partial charge in [0.15, 0.2) is 0 Å². The number of rotatable bonds is 5. The van der Waals surface area contributed by atoms with Crippen molar-refractivity contribution in [3.63, 3.8) is 0 Å². The molecule has 8 heteroatoms. The van der Waals surface area contributed by atoms with Gasteiger partial charge < -0.3 is 20.9 Å². The lowest BCUT2D eigenvalue weighted by molar-refractivity contribution is -0.134. The van der Waals surface area contributed by atoms with Gasteiger partial charge in [-0.05, 0) is 35.2 Å². The van der Waals surface area contributed by atoms with E-state index in [1.165, 1.54) is 4.90 Å². The zero-order valence-corrected chi connectivity index (χ0v) is 17.1. The van der Waals surface area contributed by atoms with Crippen LogP contribution in [0.1, 0.15) is 29.5 Å². The highest BCUT2D eigenvalue weighted by Crippen LogP contribution is 2.29. The minimum atomic E-state index is -0.376. The first-order valence-corrected chi connectivity index (χ1v) is 10.3. The van der Waals surface area contributed by atoms with Gasteiger partial charge in [0, 0.05) is 25.9 Å². The number of carbonyl (C=O) groups excluding carboxylic acids is 4. The molecule has 0 fully saturated rings. The van der Waals surface area contributed by atoms with Gasteiger partial charge in [0.1, 0.15) is 6.54 Å². The molecular formula is C23H24N4O4. The maximum Gasteiger partial charge on any atom is 0.244 e. The topological polar surface area (TPSA) is 113 Å². The van der Waals surface area contributed by atoms with Crippen LogP contribution in [0.2, 0.25) is 0 Å². The van der Waals surface area contributed by atoms with Gasteiger partial charge in [-0.3, -0.25) is 19.2 Å². The zero-order valence-electron chi connectivity index (χ0n) is 17.1. The van der Waals surface area contributed by atoms with Crippen LogP contribution in [0, 0.1) is 0 Å². The second-order valence-corrected chi connectivity index (χ2v) is 7.81. The molecule has 2 aromatic carbocycles. The molecule has 31 heavy (non-hydrogen) atoms. The smallest absolute Gasteiger partial charge is 0.244 e. The van der Waals surface area contributed by atoms with Crippen LogP contribution in [0.5, 0.6) is 0 Å². The molecule has 0 aromatic heterocycles. The summed E-state index contributed by atoms with van der Waals surface area (Å²) in [6.07, 6.45) is 0.954. The second-order valence-electron chi connectivity index (χ2n) is 7.81. The number of primary amides is 1. The van der Waals surface area contributed by atoms with E-state index in [0.29, 0.717) is 30.9 Å². The lowest BCUT2D eigenvalue weighted by Crippen LogP contribution is -2.43. The first kappa shape index (κ1) is 20.6. The van der Waals surface area contributed by atoms with Gasteiger partial charge in [0.05, 0.1) is 17.8 Å². The molecule has 0 aliphatic carbocycles. The molecule has 3 N–H and O–H groups in total. The molecule has 2 heterocycles. The van der Waals surface area contributed by atoms with E-state index in [1.807, 2.05) is 18.2 Å². The Morgan fingerprint density at radius 2 is 1.74 bits per heavy atom. The summed E-state index contributed by atoms with van der Waals surface area (Å²) in [7, 11) is 0. The lowest BCUT2D eigenvalue weighted by Gasteiger charge is -2.31. The standard InChI is InChI=1S/C23H24N4O4/c24-20(28)12-15-4-3-5-16-13-26(11-10-17(15)16)22(30)8-9-23(31)27-14-21(29)25-18-6-1-2-7-19(18)27/h1-7H,8-14H2,(H2,24,28)(H,25,29). The van der Waals surface area contributed by atoms with E-state index < -0.39 is 0 Å². The van der Waals surface area contributed by atoms with Crippen LogP contribution < -0.4 is 16.0 Å². The van der Waals surface area contributed by atoms with E-state index in [2.05, 4.69) is 5.32 Å². The van der Waals surface area contributed by atoms with Gasteiger partial charge in [-0.2, -0.15) is 0 Å². The van der Waals surface area contributed by atoms with Crippen molar-refractivity contribution < 1.29 is 19.2 Å². The Morgan fingerprint density at radius 1 is 0.968 bits per heavy atom. The monoisotopic (exact) mass is 420 g/mol. The number of nitrogens with one attached hydrogen (secondary N) is 1. The summed E-state index contributed by atoms with van der Waals surface area (Å²) in [6, 6.07) is 12.8. The Kier molecular flexibility index (Phi) is 5.70. The van der Waals surface area contributed by atoms with Crippen LogP contribution in [-0.4, -0.2) is 41.6 Å². The first-order valence-electron chi connectivity index (χ1n) is 10.3. The Labute approximate surface area is 180 Å². The molecule has 0 saturated heterocycles. The summed E-state index contributed by atoms with van der Waals surface area (Å²) in [5.41, 5.74) is 9.58. The number of carbonyl (C=O) groups is 4. The molecule has 4 rings (SSSR count). The van der Waals surface area contributed by atoms with Gasteiger partial charge >= 0.3 is 0 Å². The average Bonchev–Trinajstić information content (AvgIpc) is 2.76. The quantitative estimate of drug-likeness (QED) is 0.760. The van der Waals surface area contributed by atoms with Crippen LogP contribution in [0.3, 0.4) is 0 Å². The van der Waals surface area contributed by atoms with Gasteiger partial charge in [-0.1, -0.05) is 30.3 Å². The van der Waals surface area contributed by atoms with Gasteiger partial charge in [0.25, 0.3) is 0 Å². The van der Waals surface area contributed by atoms with Crippen molar-refractivity contribution >= 4 is 35.0 Å². The van der Waals surface area contributed by atoms with E-state index in [-0.39, 0.29) is 49.4 Å². The summed E-state index contributed by atoms with van der Waals surface area (Å²) < 4.78 is 0. The molecule has 0 saturated carbocycles. The predicted molar refractivity (Wildman–Crippen MR) is 115 cm³/mol.